The molecule has 80 valence electrons. The number of nitrogens with zero attached hydrogens (tertiary/aromatic N) is 2. The number of nitrogens with one attached hydrogen (secondary N) is 1. The fraction of sp³-hybridized carbons (Fsp3) is 0.800. The molecule has 4 heteroatoms. The average Bonchev–Trinajstić information content (AvgIpc) is 2.65. The molecule has 0 saturated heterocycles. The number of unbranched alkanes of at least 4 members (excludes halogenated alkanes) is 3. The monoisotopic (exact) mass is 213 g/mol. The van der Waals surface area contributed by atoms with Gasteiger partial charge in [0.15, 0.2) is 0 Å². The van der Waals surface area contributed by atoms with Crippen molar-refractivity contribution in [1.29, 1.82) is 0 Å². The molecule has 1 aromatic heterocycles. The van der Waals surface area contributed by atoms with E-state index in [4.69, 9.17) is 0 Å². The van der Waals surface area contributed by atoms with Crippen LogP contribution in [0.25, 0.3) is 0 Å². The Hall–Kier alpha value is -0.640. The summed E-state index contributed by atoms with van der Waals surface area (Å²) in [5.41, 5.74) is 0. The van der Waals surface area contributed by atoms with Crippen LogP contribution in [0.1, 0.15) is 46.0 Å². The van der Waals surface area contributed by atoms with Crippen molar-refractivity contribution in [2.24, 2.45) is 0 Å². The summed E-state index contributed by atoms with van der Waals surface area (Å²) in [5, 5.41) is 4.28. The van der Waals surface area contributed by atoms with Crippen molar-refractivity contribution < 1.29 is 0 Å². The van der Waals surface area contributed by atoms with Crippen molar-refractivity contribution in [3.8, 4) is 0 Å². The molecule has 0 fully saturated rings. The maximum absolute atomic E-state index is 4.10. The van der Waals surface area contributed by atoms with E-state index in [1.165, 1.54) is 43.6 Å². The quantitative estimate of drug-likeness (QED) is 0.706. The van der Waals surface area contributed by atoms with Crippen LogP contribution < -0.4 is 5.32 Å². The highest BCUT2D eigenvalue weighted by atomic mass is 32.1. The predicted molar refractivity (Wildman–Crippen MR) is 61.8 cm³/mol. The van der Waals surface area contributed by atoms with Crippen LogP contribution in [0.2, 0.25) is 0 Å². The van der Waals surface area contributed by atoms with Crippen LogP contribution in [-0.4, -0.2) is 15.4 Å². The van der Waals surface area contributed by atoms with Crippen molar-refractivity contribution in [3.63, 3.8) is 0 Å². The summed E-state index contributed by atoms with van der Waals surface area (Å²) in [6, 6.07) is 0.514. The largest absolute Gasteiger partial charge is 0.358 e. The Bertz CT molecular complexity index is 223. The highest BCUT2D eigenvalue weighted by molar-refractivity contribution is 7.09. The van der Waals surface area contributed by atoms with Gasteiger partial charge in [0.1, 0.15) is 6.33 Å². The van der Waals surface area contributed by atoms with Crippen LogP contribution in [0, 0.1) is 0 Å². The van der Waals surface area contributed by atoms with Crippen molar-refractivity contribution in [2.75, 3.05) is 5.32 Å². The Balaban J connectivity index is 2.07. The van der Waals surface area contributed by atoms with Crippen LogP contribution in [0.3, 0.4) is 0 Å². The third-order valence-corrected chi connectivity index (χ3v) is 2.82. The Morgan fingerprint density at radius 1 is 1.43 bits per heavy atom. The molecule has 0 radical (unpaired) electrons. The molecule has 1 unspecified atom stereocenters. The highest BCUT2D eigenvalue weighted by Crippen LogP contribution is 2.12. The Morgan fingerprint density at radius 3 is 2.93 bits per heavy atom. The molecule has 0 bridgehead atoms. The Kier molecular flexibility index (Phi) is 5.52. The van der Waals surface area contributed by atoms with E-state index in [0.717, 1.165) is 5.13 Å². The van der Waals surface area contributed by atoms with Gasteiger partial charge in [-0.05, 0) is 13.3 Å². The molecule has 0 aliphatic rings. The zero-order chi connectivity index (χ0) is 10.2. The molecule has 0 aliphatic heterocycles. The Morgan fingerprint density at radius 2 is 2.29 bits per heavy atom. The summed E-state index contributed by atoms with van der Waals surface area (Å²) in [5.74, 6) is 0. The van der Waals surface area contributed by atoms with E-state index in [1.807, 2.05) is 0 Å². The molecule has 1 atom stereocenters. The SMILES string of the molecule is CCCCCCC(C)Nc1ncns1. The molecule has 1 heterocycles. The third kappa shape index (κ3) is 4.56. The summed E-state index contributed by atoms with van der Waals surface area (Å²) in [7, 11) is 0. The van der Waals surface area contributed by atoms with Crippen LogP contribution in [-0.2, 0) is 0 Å². The predicted octanol–water partition coefficient (Wildman–Crippen LogP) is 3.31. The summed E-state index contributed by atoms with van der Waals surface area (Å²) in [4.78, 5) is 4.10. The summed E-state index contributed by atoms with van der Waals surface area (Å²) < 4.78 is 3.95. The fourth-order valence-electron chi connectivity index (χ4n) is 1.40. The molecule has 3 nitrogen and oxygen atoms in total. The molecule has 0 aliphatic carbocycles. The van der Waals surface area contributed by atoms with Crippen LogP contribution >= 0.6 is 11.5 Å². The molecule has 1 rings (SSSR count). The lowest BCUT2D eigenvalue weighted by molar-refractivity contribution is 0.594. The van der Waals surface area contributed by atoms with E-state index >= 15 is 0 Å². The van der Waals surface area contributed by atoms with E-state index in [0.29, 0.717) is 6.04 Å². The maximum Gasteiger partial charge on any atom is 0.202 e. The molecule has 0 spiro atoms. The lowest BCUT2D eigenvalue weighted by Crippen LogP contribution is -2.14. The highest BCUT2D eigenvalue weighted by Gasteiger charge is 2.03. The van der Waals surface area contributed by atoms with Gasteiger partial charge >= 0.3 is 0 Å². The molecule has 0 amide bonds. The van der Waals surface area contributed by atoms with Crippen LogP contribution in [0.4, 0.5) is 5.13 Å². The number of anilines is 1. The molecular weight excluding hydrogens is 194 g/mol. The summed E-state index contributed by atoms with van der Waals surface area (Å²) >= 11 is 1.42. The molecule has 1 aromatic rings. The first-order chi connectivity index (χ1) is 6.83. The average molecular weight is 213 g/mol. The Labute approximate surface area is 90.1 Å². The topological polar surface area (TPSA) is 37.8 Å². The van der Waals surface area contributed by atoms with Gasteiger partial charge in [-0.1, -0.05) is 32.6 Å². The lowest BCUT2D eigenvalue weighted by atomic mass is 10.1. The minimum Gasteiger partial charge on any atom is -0.358 e. The van der Waals surface area contributed by atoms with Crippen molar-refractivity contribution in [3.05, 3.63) is 6.33 Å². The second kappa shape index (κ2) is 6.76. The number of aromatic nitrogens is 2. The van der Waals surface area contributed by atoms with Gasteiger partial charge in [-0.25, -0.2) is 4.98 Å². The molecular formula is C10H19N3S. The molecule has 1 N–H and O–H groups in total. The van der Waals surface area contributed by atoms with Gasteiger partial charge < -0.3 is 5.32 Å². The second-order valence-corrected chi connectivity index (χ2v) is 4.42. The minimum absolute atomic E-state index is 0.514. The van der Waals surface area contributed by atoms with Gasteiger partial charge in [0.05, 0.1) is 0 Å². The van der Waals surface area contributed by atoms with Gasteiger partial charge in [0.2, 0.25) is 5.13 Å². The van der Waals surface area contributed by atoms with Crippen LogP contribution in [0.15, 0.2) is 6.33 Å². The molecule has 0 saturated carbocycles. The number of hydrogen-bond acceptors (Lipinski definition) is 4. The minimum atomic E-state index is 0.514. The molecule has 0 aromatic carbocycles. The standard InChI is InChI=1S/C10H19N3S/c1-3-4-5-6-7-9(2)13-10-11-8-12-14-10/h8-9H,3-7H2,1-2H3,(H,11,12,13). The second-order valence-electron chi connectivity index (χ2n) is 3.64. The van der Waals surface area contributed by atoms with E-state index in [-0.39, 0.29) is 0 Å². The smallest absolute Gasteiger partial charge is 0.202 e. The summed E-state index contributed by atoms with van der Waals surface area (Å²) in [6.07, 6.45) is 8.12. The van der Waals surface area contributed by atoms with E-state index < -0.39 is 0 Å². The van der Waals surface area contributed by atoms with Crippen molar-refractivity contribution in [1.82, 2.24) is 9.36 Å². The first-order valence-electron chi connectivity index (χ1n) is 5.36. The number of rotatable bonds is 7. The molecule has 14 heavy (non-hydrogen) atoms. The zero-order valence-corrected chi connectivity index (χ0v) is 9.81. The van der Waals surface area contributed by atoms with E-state index in [1.54, 1.807) is 6.33 Å². The van der Waals surface area contributed by atoms with Crippen molar-refractivity contribution >= 4 is 16.7 Å². The maximum atomic E-state index is 4.10. The van der Waals surface area contributed by atoms with Gasteiger partial charge in [-0.3, -0.25) is 0 Å². The first-order valence-corrected chi connectivity index (χ1v) is 6.13. The van der Waals surface area contributed by atoms with Gasteiger partial charge in [0.25, 0.3) is 0 Å². The lowest BCUT2D eigenvalue weighted by Gasteiger charge is -2.11. The van der Waals surface area contributed by atoms with Crippen molar-refractivity contribution in [2.45, 2.75) is 52.0 Å². The zero-order valence-electron chi connectivity index (χ0n) is 8.99. The van der Waals surface area contributed by atoms with Gasteiger partial charge in [0, 0.05) is 17.6 Å². The number of hydrogen-bond donors (Lipinski definition) is 1. The normalized spacial score (nSPS) is 12.7. The van der Waals surface area contributed by atoms with Crippen LogP contribution in [0.5, 0.6) is 0 Å². The fourth-order valence-corrected chi connectivity index (χ4v) is 1.94. The third-order valence-electron chi connectivity index (χ3n) is 2.22. The van der Waals surface area contributed by atoms with E-state index in [9.17, 15) is 0 Å². The van der Waals surface area contributed by atoms with Gasteiger partial charge in [-0.15, -0.1) is 0 Å². The van der Waals surface area contributed by atoms with E-state index in [2.05, 4.69) is 28.5 Å². The van der Waals surface area contributed by atoms with Gasteiger partial charge in [-0.2, -0.15) is 4.37 Å². The summed E-state index contributed by atoms with van der Waals surface area (Å²) in [6.45, 7) is 4.44. The first kappa shape index (κ1) is 11.4.